The van der Waals surface area contributed by atoms with Crippen molar-refractivity contribution >= 4 is 39.2 Å². The van der Waals surface area contributed by atoms with Gasteiger partial charge in [-0.15, -0.1) is 11.3 Å². The summed E-state index contributed by atoms with van der Waals surface area (Å²) in [4.78, 5) is 16.4. The van der Waals surface area contributed by atoms with Crippen molar-refractivity contribution < 1.29 is 9.90 Å². The van der Waals surface area contributed by atoms with Gasteiger partial charge in [-0.25, -0.2) is 4.98 Å². The predicted octanol–water partition coefficient (Wildman–Crippen LogP) is 2.66. The third-order valence-electron chi connectivity index (χ3n) is 3.11. The number of rotatable bonds is 5. The highest BCUT2D eigenvalue weighted by atomic mass is 32.2. The van der Waals surface area contributed by atoms with Crippen LogP contribution in [0.25, 0.3) is 10.2 Å². The standard InChI is InChI=1S/C14H18N2O2S2/c1-9(17)14(2,3)16-12(18)8-19-13-15-10-6-4-5-7-11(10)20-13/h4-7,9,17H,8H2,1-3H3,(H,16,18). The lowest BCUT2D eigenvalue weighted by Crippen LogP contribution is -2.51. The molecule has 0 saturated carbocycles. The second kappa shape index (κ2) is 6.11. The molecule has 0 saturated heterocycles. The number of amides is 1. The van der Waals surface area contributed by atoms with Gasteiger partial charge in [-0.1, -0.05) is 23.9 Å². The fraction of sp³-hybridized carbons (Fsp3) is 0.429. The lowest BCUT2D eigenvalue weighted by Gasteiger charge is -2.29. The van der Waals surface area contributed by atoms with E-state index in [0.717, 1.165) is 14.6 Å². The molecular formula is C14H18N2O2S2. The van der Waals surface area contributed by atoms with Crippen LogP contribution in [-0.4, -0.2) is 33.4 Å². The van der Waals surface area contributed by atoms with Crippen LogP contribution in [0.1, 0.15) is 20.8 Å². The molecule has 108 valence electrons. The largest absolute Gasteiger partial charge is 0.391 e. The van der Waals surface area contributed by atoms with Crippen LogP contribution in [0.5, 0.6) is 0 Å². The van der Waals surface area contributed by atoms with Crippen LogP contribution in [-0.2, 0) is 4.79 Å². The van der Waals surface area contributed by atoms with E-state index in [1.54, 1.807) is 32.1 Å². The molecule has 4 nitrogen and oxygen atoms in total. The Morgan fingerprint density at radius 1 is 1.50 bits per heavy atom. The van der Waals surface area contributed by atoms with E-state index in [0.29, 0.717) is 5.75 Å². The van der Waals surface area contributed by atoms with Gasteiger partial charge in [0.2, 0.25) is 5.91 Å². The maximum atomic E-state index is 11.9. The van der Waals surface area contributed by atoms with Crippen molar-refractivity contribution in [3.8, 4) is 0 Å². The van der Waals surface area contributed by atoms with Gasteiger partial charge in [0.25, 0.3) is 0 Å². The number of benzene rings is 1. The van der Waals surface area contributed by atoms with Gasteiger partial charge in [-0.2, -0.15) is 0 Å². The molecule has 1 heterocycles. The Morgan fingerprint density at radius 2 is 2.20 bits per heavy atom. The zero-order valence-electron chi connectivity index (χ0n) is 11.7. The van der Waals surface area contributed by atoms with Crippen LogP contribution in [0.3, 0.4) is 0 Å². The minimum Gasteiger partial charge on any atom is -0.391 e. The molecule has 6 heteroatoms. The maximum Gasteiger partial charge on any atom is 0.230 e. The van der Waals surface area contributed by atoms with Crippen LogP contribution in [0.15, 0.2) is 28.6 Å². The smallest absolute Gasteiger partial charge is 0.230 e. The highest BCUT2D eigenvalue weighted by Gasteiger charge is 2.25. The molecule has 2 N–H and O–H groups in total. The lowest BCUT2D eigenvalue weighted by molar-refractivity contribution is -0.121. The SMILES string of the molecule is CC(O)C(C)(C)NC(=O)CSc1nc2ccccc2s1. The molecule has 1 unspecified atom stereocenters. The molecule has 1 atom stereocenters. The molecule has 1 amide bonds. The zero-order valence-corrected chi connectivity index (χ0v) is 13.3. The molecule has 2 aromatic rings. The first-order valence-corrected chi connectivity index (χ1v) is 8.16. The maximum absolute atomic E-state index is 11.9. The summed E-state index contributed by atoms with van der Waals surface area (Å²) >= 11 is 3.01. The minimum atomic E-state index is -0.620. The number of carbonyl (C=O) groups excluding carboxylic acids is 1. The Balaban J connectivity index is 1.93. The Labute approximate surface area is 126 Å². The van der Waals surface area contributed by atoms with Crippen molar-refractivity contribution in [2.45, 2.75) is 36.8 Å². The molecule has 1 aromatic carbocycles. The summed E-state index contributed by atoms with van der Waals surface area (Å²) in [5.74, 6) is 0.204. The van der Waals surface area contributed by atoms with Crippen molar-refractivity contribution in [2.75, 3.05) is 5.75 Å². The summed E-state index contributed by atoms with van der Waals surface area (Å²) in [6.45, 7) is 5.27. The molecule has 2 rings (SSSR count). The molecule has 0 bridgehead atoms. The predicted molar refractivity (Wildman–Crippen MR) is 84.2 cm³/mol. The van der Waals surface area contributed by atoms with Crippen LogP contribution in [0.2, 0.25) is 0 Å². The molecule has 0 aliphatic heterocycles. The number of hydrogen-bond donors (Lipinski definition) is 2. The molecule has 20 heavy (non-hydrogen) atoms. The molecule has 1 aromatic heterocycles. The van der Waals surface area contributed by atoms with Gasteiger partial charge in [-0.3, -0.25) is 4.79 Å². The molecule has 0 aliphatic carbocycles. The Bertz CT molecular complexity index is 575. The van der Waals surface area contributed by atoms with Gasteiger partial charge in [0.05, 0.1) is 27.6 Å². The average molecular weight is 310 g/mol. The van der Waals surface area contributed by atoms with Crippen molar-refractivity contribution in [1.29, 1.82) is 0 Å². The number of carbonyl (C=O) groups is 1. The number of aliphatic hydroxyl groups is 1. The molecular weight excluding hydrogens is 292 g/mol. The Hall–Kier alpha value is -1.11. The topological polar surface area (TPSA) is 62.2 Å². The monoisotopic (exact) mass is 310 g/mol. The summed E-state index contributed by atoms with van der Waals surface area (Å²) in [6, 6.07) is 7.92. The summed E-state index contributed by atoms with van der Waals surface area (Å²) in [6.07, 6.45) is -0.598. The molecule has 0 spiro atoms. The number of aromatic nitrogens is 1. The van der Waals surface area contributed by atoms with E-state index in [4.69, 9.17) is 0 Å². The number of thioether (sulfide) groups is 1. The molecule has 0 radical (unpaired) electrons. The summed E-state index contributed by atoms with van der Waals surface area (Å²) in [5.41, 5.74) is 0.343. The van der Waals surface area contributed by atoms with E-state index in [2.05, 4.69) is 10.3 Å². The summed E-state index contributed by atoms with van der Waals surface area (Å²) in [7, 11) is 0. The van der Waals surface area contributed by atoms with Crippen LogP contribution in [0, 0.1) is 0 Å². The average Bonchev–Trinajstić information content (AvgIpc) is 2.78. The van der Waals surface area contributed by atoms with Gasteiger partial charge < -0.3 is 10.4 Å². The number of para-hydroxylation sites is 1. The number of aliphatic hydroxyl groups excluding tert-OH is 1. The van der Waals surface area contributed by atoms with Gasteiger partial charge >= 0.3 is 0 Å². The fourth-order valence-corrected chi connectivity index (χ4v) is 3.41. The fourth-order valence-electron chi connectivity index (χ4n) is 1.54. The summed E-state index contributed by atoms with van der Waals surface area (Å²) in [5, 5.41) is 12.4. The first-order chi connectivity index (χ1) is 9.38. The van der Waals surface area contributed by atoms with E-state index in [-0.39, 0.29) is 5.91 Å². The number of thiazole rings is 1. The van der Waals surface area contributed by atoms with E-state index >= 15 is 0 Å². The van der Waals surface area contributed by atoms with Crippen LogP contribution in [0.4, 0.5) is 0 Å². The van der Waals surface area contributed by atoms with Gasteiger partial charge in [0, 0.05) is 0 Å². The van der Waals surface area contributed by atoms with E-state index in [1.165, 1.54) is 11.8 Å². The second-order valence-electron chi connectivity index (χ2n) is 5.18. The lowest BCUT2D eigenvalue weighted by atomic mass is 9.99. The van der Waals surface area contributed by atoms with Gasteiger partial charge in [0.1, 0.15) is 0 Å². The number of fused-ring (bicyclic) bond motifs is 1. The Kier molecular flexibility index (Phi) is 4.67. The highest BCUT2D eigenvalue weighted by molar-refractivity contribution is 8.01. The van der Waals surface area contributed by atoms with Crippen LogP contribution < -0.4 is 5.32 Å². The van der Waals surface area contributed by atoms with Gasteiger partial charge in [-0.05, 0) is 32.9 Å². The second-order valence-corrected chi connectivity index (χ2v) is 7.44. The van der Waals surface area contributed by atoms with Crippen molar-refractivity contribution in [3.63, 3.8) is 0 Å². The van der Waals surface area contributed by atoms with Crippen LogP contribution >= 0.6 is 23.1 Å². The number of hydrogen-bond acceptors (Lipinski definition) is 5. The third-order valence-corrected chi connectivity index (χ3v) is 5.29. The highest BCUT2D eigenvalue weighted by Crippen LogP contribution is 2.29. The Morgan fingerprint density at radius 3 is 2.85 bits per heavy atom. The number of nitrogens with one attached hydrogen (secondary N) is 1. The minimum absolute atomic E-state index is 0.0971. The normalized spacial score (nSPS) is 13.4. The van der Waals surface area contributed by atoms with Crippen molar-refractivity contribution in [2.24, 2.45) is 0 Å². The van der Waals surface area contributed by atoms with E-state index in [9.17, 15) is 9.90 Å². The number of nitrogens with zero attached hydrogens (tertiary/aromatic N) is 1. The summed E-state index contributed by atoms with van der Waals surface area (Å²) < 4.78 is 2.01. The quantitative estimate of drug-likeness (QED) is 0.834. The molecule has 0 aliphatic rings. The van der Waals surface area contributed by atoms with Gasteiger partial charge in [0.15, 0.2) is 4.34 Å². The molecule has 0 fully saturated rings. The van der Waals surface area contributed by atoms with Crippen molar-refractivity contribution in [1.82, 2.24) is 10.3 Å². The van der Waals surface area contributed by atoms with E-state index < -0.39 is 11.6 Å². The first-order valence-electron chi connectivity index (χ1n) is 6.36. The van der Waals surface area contributed by atoms with Crippen molar-refractivity contribution in [3.05, 3.63) is 24.3 Å². The van der Waals surface area contributed by atoms with E-state index in [1.807, 2.05) is 24.3 Å². The first kappa shape index (κ1) is 15.3. The zero-order chi connectivity index (χ0) is 14.8. The third kappa shape index (κ3) is 3.71.